The summed E-state index contributed by atoms with van der Waals surface area (Å²) in [6.07, 6.45) is -2.26. The molecule has 0 bridgehead atoms. The Bertz CT molecular complexity index is 1320. The maximum atomic E-state index is 14.1. The molecule has 1 amide bonds. The Morgan fingerprint density at radius 2 is 1.94 bits per heavy atom. The largest absolute Gasteiger partial charge is 0.416 e. The Morgan fingerprint density at radius 3 is 2.66 bits per heavy atom. The molecule has 0 unspecified atom stereocenters. The Balaban J connectivity index is 1.61. The van der Waals surface area contributed by atoms with Gasteiger partial charge in [-0.3, -0.25) is 4.79 Å². The lowest BCUT2D eigenvalue weighted by molar-refractivity contribution is -0.137. The van der Waals surface area contributed by atoms with Crippen molar-refractivity contribution in [3.05, 3.63) is 70.9 Å². The Kier molecular flexibility index (Phi) is 5.43. The molecule has 12 heteroatoms. The fraction of sp³-hybridized carbons (Fsp3) is 0.100. The lowest BCUT2D eigenvalue weighted by Gasteiger charge is -2.09. The van der Waals surface area contributed by atoms with E-state index in [-0.39, 0.29) is 28.2 Å². The van der Waals surface area contributed by atoms with E-state index in [1.807, 2.05) is 0 Å². The van der Waals surface area contributed by atoms with Crippen LogP contribution in [0.2, 0.25) is 5.02 Å². The predicted octanol–water partition coefficient (Wildman–Crippen LogP) is 5.17. The fourth-order valence-electron chi connectivity index (χ4n) is 2.91. The molecule has 0 atom stereocenters. The second-order valence-electron chi connectivity index (χ2n) is 6.66. The molecule has 1 aromatic carbocycles. The quantitative estimate of drug-likeness (QED) is 0.407. The van der Waals surface area contributed by atoms with Gasteiger partial charge in [-0.2, -0.15) is 13.2 Å². The van der Waals surface area contributed by atoms with Crippen molar-refractivity contribution >= 4 is 46.0 Å². The maximum absolute atomic E-state index is 14.1. The number of imidazole rings is 1. The highest BCUT2D eigenvalue weighted by molar-refractivity contribution is 6.33. The van der Waals surface area contributed by atoms with Gasteiger partial charge in [0.25, 0.3) is 5.91 Å². The molecule has 7 nitrogen and oxygen atoms in total. The summed E-state index contributed by atoms with van der Waals surface area (Å²) in [6.45, 7) is 0. The summed E-state index contributed by atoms with van der Waals surface area (Å²) in [6, 6.07) is 7.09. The predicted molar refractivity (Wildman–Crippen MR) is 110 cm³/mol. The maximum Gasteiger partial charge on any atom is 0.416 e. The zero-order chi connectivity index (χ0) is 23.0. The number of benzene rings is 1. The average molecular weight is 465 g/mol. The number of carbonyl (C=O) groups excluding carboxylic acids is 1. The van der Waals surface area contributed by atoms with E-state index in [2.05, 4.69) is 25.6 Å². The van der Waals surface area contributed by atoms with E-state index >= 15 is 0 Å². The van der Waals surface area contributed by atoms with Crippen LogP contribution in [0.25, 0.3) is 11.0 Å². The highest BCUT2D eigenvalue weighted by atomic mass is 35.5. The van der Waals surface area contributed by atoms with Gasteiger partial charge in [0.1, 0.15) is 17.3 Å². The van der Waals surface area contributed by atoms with Crippen LogP contribution in [0.5, 0.6) is 0 Å². The molecule has 4 rings (SSSR count). The van der Waals surface area contributed by atoms with Crippen molar-refractivity contribution in [3.8, 4) is 0 Å². The van der Waals surface area contributed by atoms with Gasteiger partial charge in [-0.05, 0) is 30.3 Å². The van der Waals surface area contributed by atoms with E-state index < -0.39 is 23.5 Å². The molecule has 3 aromatic heterocycles. The van der Waals surface area contributed by atoms with Crippen molar-refractivity contribution in [1.82, 2.24) is 19.5 Å². The smallest absolute Gasteiger partial charge is 0.322 e. The standard InChI is InChI=1S/C20H13ClF4N6O/c1-31-15-9-27-14(18(32)29-16-7-10(5-6-26-16)20(23,24)25)8-13(15)28-19(31)30-17-11(21)3-2-4-12(17)22/h2-9H,1H3,(H,28,30)(H,26,29,32). The molecular weight excluding hydrogens is 452 g/mol. The van der Waals surface area contributed by atoms with Gasteiger partial charge in [0.15, 0.2) is 0 Å². The molecule has 4 aromatic rings. The van der Waals surface area contributed by atoms with Crippen LogP contribution in [-0.2, 0) is 13.2 Å². The molecule has 0 saturated carbocycles. The Hall–Kier alpha value is -3.73. The van der Waals surface area contributed by atoms with Crippen LogP contribution in [-0.4, -0.2) is 25.4 Å². The highest BCUT2D eigenvalue weighted by Crippen LogP contribution is 2.31. The SMILES string of the molecule is Cn1c(Nc2c(F)cccc2Cl)nc2cc(C(=O)Nc3cc(C(F)(F)F)ccn3)ncc21. The number of alkyl halides is 3. The van der Waals surface area contributed by atoms with Gasteiger partial charge in [0.2, 0.25) is 5.95 Å². The van der Waals surface area contributed by atoms with E-state index in [1.165, 1.54) is 30.5 Å². The monoisotopic (exact) mass is 464 g/mol. The molecule has 0 radical (unpaired) electrons. The number of rotatable bonds is 4. The zero-order valence-corrected chi connectivity index (χ0v) is 17.0. The number of aryl methyl sites for hydroxylation is 1. The first-order chi connectivity index (χ1) is 15.1. The molecule has 0 fully saturated rings. The number of anilines is 3. The normalized spacial score (nSPS) is 11.6. The third kappa shape index (κ3) is 4.19. The van der Waals surface area contributed by atoms with Gasteiger partial charge < -0.3 is 15.2 Å². The molecule has 0 spiro atoms. The first kappa shape index (κ1) is 21.5. The van der Waals surface area contributed by atoms with Gasteiger partial charge in [0, 0.05) is 13.2 Å². The minimum atomic E-state index is -4.57. The number of para-hydroxylation sites is 1. The highest BCUT2D eigenvalue weighted by Gasteiger charge is 2.31. The van der Waals surface area contributed by atoms with Gasteiger partial charge in [-0.1, -0.05) is 17.7 Å². The second kappa shape index (κ2) is 8.08. The summed E-state index contributed by atoms with van der Waals surface area (Å²) in [5, 5.41) is 5.25. The van der Waals surface area contributed by atoms with E-state index in [0.717, 1.165) is 18.3 Å². The van der Waals surface area contributed by atoms with Crippen LogP contribution in [0, 0.1) is 5.82 Å². The molecular formula is C20H13ClF4N6O. The lowest BCUT2D eigenvalue weighted by atomic mass is 10.2. The van der Waals surface area contributed by atoms with Crippen molar-refractivity contribution in [3.63, 3.8) is 0 Å². The first-order valence-electron chi connectivity index (χ1n) is 9.01. The van der Waals surface area contributed by atoms with E-state index in [9.17, 15) is 22.4 Å². The number of fused-ring (bicyclic) bond motifs is 1. The summed E-state index contributed by atoms with van der Waals surface area (Å²) in [5.41, 5.74) is -0.133. The summed E-state index contributed by atoms with van der Waals surface area (Å²) in [7, 11) is 1.65. The number of carbonyl (C=O) groups is 1. The number of hydrogen-bond donors (Lipinski definition) is 2. The molecule has 0 aliphatic rings. The van der Waals surface area contributed by atoms with Crippen molar-refractivity contribution in [1.29, 1.82) is 0 Å². The van der Waals surface area contributed by atoms with Crippen molar-refractivity contribution < 1.29 is 22.4 Å². The Labute approximate surface area is 183 Å². The number of nitrogens with one attached hydrogen (secondary N) is 2. The molecule has 0 aliphatic carbocycles. The number of nitrogens with zero attached hydrogens (tertiary/aromatic N) is 4. The molecule has 164 valence electrons. The van der Waals surface area contributed by atoms with Gasteiger partial charge in [0.05, 0.1) is 33.5 Å². The molecule has 0 saturated heterocycles. The van der Waals surface area contributed by atoms with Crippen molar-refractivity contribution in [2.45, 2.75) is 6.18 Å². The van der Waals surface area contributed by atoms with Crippen LogP contribution in [0.4, 0.5) is 35.0 Å². The topological polar surface area (TPSA) is 84.7 Å². The summed E-state index contributed by atoms with van der Waals surface area (Å²) >= 11 is 6.03. The molecule has 0 aliphatic heterocycles. The molecule has 32 heavy (non-hydrogen) atoms. The average Bonchev–Trinajstić information content (AvgIpc) is 3.05. The zero-order valence-electron chi connectivity index (χ0n) is 16.2. The second-order valence-corrected chi connectivity index (χ2v) is 7.06. The number of halogens is 5. The van der Waals surface area contributed by atoms with E-state index in [1.54, 1.807) is 11.6 Å². The summed E-state index contributed by atoms with van der Waals surface area (Å²) < 4.78 is 54.2. The summed E-state index contributed by atoms with van der Waals surface area (Å²) in [4.78, 5) is 24.6. The fourth-order valence-corrected chi connectivity index (χ4v) is 3.12. The number of hydrogen-bond acceptors (Lipinski definition) is 5. The number of aromatic nitrogens is 4. The van der Waals surface area contributed by atoms with Crippen LogP contribution >= 0.6 is 11.6 Å². The van der Waals surface area contributed by atoms with Gasteiger partial charge in [-0.15, -0.1) is 0 Å². The minimum absolute atomic E-state index is 0.0362. The third-order valence-electron chi connectivity index (χ3n) is 4.53. The van der Waals surface area contributed by atoms with Crippen LogP contribution < -0.4 is 10.6 Å². The minimum Gasteiger partial charge on any atom is -0.322 e. The third-order valence-corrected chi connectivity index (χ3v) is 4.84. The van der Waals surface area contributed by atoms with Gasteiger partial charge in [-0.25, -0.2) is 19.3 Å². The summed E-state index contributed by atoms with van der Waals surface area (Å²) in [5.74, 6) is -1.37. The van der Waals surface area contributed by atoms with E-state index in [0.29, 0.717) is 11.0 Å². The molecule has 3 heterocycles. The Morgan fingerprint density at radius 1 is 1.16 bits per heavy atom. The van der Waals surface area contributed by atoms with Gasteiger partial charge >= 0.3 is 6.18 Å². The first-order valence-corrected chi connectivity index (χ1v) is 9.39. The van der Waals surface area contributed by atoms with Crippen LogP contribution in [0.15, 0.2) is 48.8 Å². The van der Waals surface area contributed by atoms with Crippen molar-refractivity contribution in [2.24, 2.45) is 7.05 Å². The number of amides is 1. The van der Waals surface area contributed by atoms with Crippen LogP contribution in [0.3, 0.4) is 0 Å². The van der Waals surface area contributed by atoms with E-state index in [4.69, 9.17) is 11.6 Å². The molecule has 2 N–H and O–H groups in total. The van der Waals surface area contributed by atoms with Crippen molar-refractivity contribution in [2.75, 3.05) is 10.6 Å². The number of pyridine rings is 2. The van der Waals surface area contributed by atoms with Crippen LogP contribution in [0.1, 0.15) is 16.1 Å². The lowest BCUT2D eigenvalue weighted by Crippen LogP contribution is -2.15.